The van der Waals surface area contributed by atoms with E-state index >= 15 is 0 Å². The Hall–Kier alpha value is -1.52. The number of amides is 1. The van der Waals surface area contributed by atoms with E-state index in [1.165, 1.54) is 32.2 Å². The molecule has 1 atom stereocenters. The second-order valence-corrected chi connectivity index (χ2v) is 9.20. The number of likely N-dealkylation sites (tertiary alicyclic amines) is 2. The predicted octanol–water partition coefficient (Wildman–Crippen LogP) is 5.17. The van der Waals surface area contributed by atoms with Gasteiger partial charge in [-0.25, -0.2) is 0 Å². The van der Waals surface area contributed by atoms with Crippen LogP contribution in [0.5, 0.6) is 5.75 Å². The molecule has 0 spiro atoms. The molecule has 1 aliphatic carbocycles. The lowest BCUT2D eigenvalue weighted by atomic mass is 9.93. The van der Waals surface area contributed by atoms with Crippen molar-refractivity contribution in [3.05, 3.63) is 40.9 Å². The van der Waals surface area contributed by atoms with Crippen LogP contribution in [0.2, 0.25) is 5.02 Å². The van der Waals surface area contributed by atoms with E-state index in [9.17, 15) is 4.79 Å². The highest BCUT2D eigenvalue weighted by molar-refractivity contribution is 6.30. The van der Waals surface area contributed by atoms with Crippen molar-refractivity contribution < 1.29 is 9.53 Å². The molecule has 1 aromatic carbocycles. The van der Waals surface area contributed by atoms with Crippen LogP contribution in [-0.4, -0.2) is 54.5 Å². The number of hydrogen-bond donors (Lipinski definition) is 0. The first-order valence-electron chi connectivity index (χ1n) is 11.3. The maximum atomic E-state index is 13.0. The zero-order valence-electron chi connectivity index (χ0n) is 17.3. The fraction of sp³-hybridized carbons (Fsp3) is 0.625. The second-order valence-electron chi connectivity index (χ2n) is 8.76. The molecular weight excluding hydrogens is 384 g/mol. The van der Waals surface area contributed by atoms with Crippen LogP contribution in [0, 0.1) is 5.92 Å². The van der Waals surface area contributed by atoms with Crippen LogP contribution in [0.4, 0.5) is 0 Å². The Morgan fingerprint density at radius 3 is 2.55 bits per heavy atom. The van der Waals surface area contributed by atoms with Gasteiger partial charge in [0.25, 0.3) is 5.91 Å². The number of piperidine rings is 2. The summed E-state index contributed by atoms with van der Waals surface area (Å²) < 4.78 is 6.35. The van der Waals surface area contributed by atoms with Crippen molar-refractivity contribution >= 4 is 17.5 Å². The van der Waals surface area contributed by atoms with Gasteiger partial charge < -0.3 is 14.5 Å². The molecule has 0 unspecified atom stereocenters. The zero-order valence-corrected chi connectivity index (χ0v) is 18.1. The number of halogens is 1. The summed E-state index contributed by atoms with van der Waals surface area (Å²) in [5.74, 6) is 1.54. The standard InChI is InChI=1S/C24H33ClN2O2/c25-20-9-10-22(24(28)27-13-5-2-6-14-27)23(17-20)29-21-11-15-26(16-12-21)18-19-7-3-1-4-8-19/h1,3,9-10,17,19,21H,2,4-8,11-16,18H2/t19-/m0/s1. The summed E-state index contributed by atoms with van der Waals surface area (Å²) in [4.78, 5) is 17.6. The van der Waals surface area contributed by atoms with Crippen LogP contribution in [0.3, 0.4) is 0 Å². The minimum Gasteiger partial charge on any atom is -0.489 e. The van der Waals surface area contributed by atoms with E-state index in [1.807, 2.05) is 17.0 Å². The van der Waals surface area contributed by atoms with Crippen molar-refractivity contribution in [1.29, 1.82) is 0 Å². The van der Waals surface area contributed by atoms with Gasteiger partial charge in [0.1, 0.15) is 11.9 Å². The molecule has 2 saturated heterocycles. The maximum Gasteiger partial charge on any atom is 0.257 e. The molecule has 3 aliphatic rings. The average Bonchev–Trinajstić information content (AvgIpc) is 2.76. The van der Waals surface area contributed by atoms with Crippen molar-refractivity contribution in [2.45, 2.75) is 57.5 Å². The minimum absolute atomic E-state index is 0.0826. The largest absolute Gasteiger partial charge is 0.489 e. The van der Waals surface area contributed by atoms with Gasteiger partial charge in [0.15, 0.2) is 0 Å². The zero-order chi connectivity index (χ0) is 20.1. The summed E-state index contributed by atoms with van der Waals surface area (Å²) in [5, 5.41) is 0.623. The molecule has 0 aromatic heterocycles. The van der Waals surface area contributed by atoms with E-state index < -0.39 is 0 Å². The Kier molecular flexibility index (Phi) is 7.15. The van der Waals surface area contributed by atoms with Crippen molar-refractivity contribution in [2.24, 2.45) is 5.92 Å². The summed E-state index contributed by atoms with van der Waals surface area (Å²) in [7, 11) is 0. The highest BCUT2D eigenvalue weighted by atomic mass is 35.5. The molecule has 4 rings (SSSR count). The third-order valence-electron chi connectivity index (χ3n) is 6.54. The van der Waals surface area contributed by atoms with Gasteiger partial charge in [-0.15, -0.1) is 0 Å². The fourth-order valence-electron chi connectivity index (χ4n) is 4.81. The Bertz CT molecular complexity index is 722. The molecule has 158 valence electrons. The van der Waals surface area contributed by atoms with Crippen LogP contribution in [0.25, 0.3) is 0 Å². The van der Waals surface area contributed by atoms with Gasteiger partial charge in [0.05, 0.1) is 5.56 Å². The summed E-state index contributed by atoms with van der Waals surface area (Å²) >= 11 is 6.24. The third-order valence-corrected chi connectivity index (χ3v) is 6.77. The number of nitrogens with zero attached hydrogens (tertiary/aromatic N) is 2. The van der Waals surface area contributed by atoms with Crippen LogP contribution in [0.15, 0.2) is 30.4 Å². The number of hydrogen-bond acceptors (Lipinski definition) is 3. The molecule has 0 saturated carbocycles. The topological polar surface area (TPSA) is 32.8 Å². The lowest BCUT2D eigenvalue weighted by Gasteiger charge is -2.35. The molecule has 2 fully saturated rings. The van der Waals surface area contributed by atoms with E-state index in [1.54, 1.807) is 6.07 Å². The van der Waals surface area contributed by atoms with Gasteiger partial charge in [-0.05, 0) is 75.5 Å². The number of allylic oxidation sites excluding steroid dienone is 2. The fourth-order valence-corrected chi connectivity index (χ4v) is 4.98. The molecule has 1 amide bonds. The Morgan fingerprint density at radius 1 is 1.03 bits per heavy atom. The molecule has 1 aromatic rings. The summed E-state index contributed by atoms with van der Waals surface area (Å²) in [6, 6.07) is 5.45. The summed E-state index contributed by atoms with van der Waals surface area (Å²) in [5.41, 5.74) is 0.660. The Balaban J connectivity index is 1.35. The van der Waals surface area contributed by atoms with E-state index in [4.69, 9.17) is 16.3 Å². The van der Waals surface area contributed by atoms with Gasteiger partial charge in [-0.2, -0.15) is 0 Å². The highest BCUT2D eigenvalue weighted by Crippen LogP contribution is 2.29. The number of ether oxygens (including phenoxy) is 1. The van der Waals surface area contributed by atoms with Gasteiger partial charge in [-0.3, -0.25) is 4.79 Å². The first-order chi connectivity index (χ1) is 14.2. The Morgan fingerprint density at radius 2 is 1.83 bits per heavy atom. The SMILES string of the molecule is O=C(c1ccc(Cl)cc1OC1CCN(C[C@H]2CC=CCC2)CC1)N1CCCCC1. The highest BCUT2D eigenvalue weighted by Gasteiger charge is 2.26. The van der Waals surface area contributed by atoms with Crippen molar-refractivity contribution in [3.8, 4) is 5.75 Å². The first kappa shape index (κ1) is 20.7. The lowest BCUT2D eigenvalue weighted by molar-refractivity contribution is 0.0698. The molecule has 2 heterocycles. The molecule has 0 bridgehead atoms. The summed E-state index contributed by atoms with van der Waals surface area (Å²) in [6.07, 6.45) is 14.0. The number of carbonyl (C=O) groups excluding carboxylic acids is 1. The quantitative estimate of drug-likeness (QED) is 0.621. The minimum atomic E-state index is 0.0826. The normalized spacial score (nSPS) is 23.9. The van der Waals surface area contributed by atoms with Crippen molar-refractivity contribution in [2.75, 3.05) is 32.7 Å². The molecule has 29 heavy (non-hydrogen) atoms. The molecule has 5 heteroatoms. The molecular formula is C24H33ClN2O2. The van der Waals surface area contributed by atoms with E-state index in [0.717, 1.165) is 57.8 Å². The summed E-state index contributed by atoms with van der Waals surface area (Å²) in [6.45, 7) is 5.03. The Labute approximate surface area is 179 Å². The predicted molar refractivity (Wildman–Crippen MR) is 118 cm³/mol. The monoisotopic (exact) mass is 416 g/mol. The number of rotatable bonds is 5. The van der Waals surface area contributed by atoms with Gasteiger partial charge in [0, 0.05) is 37.7 Å². The van der Waals surface area contributed by atoms with Gasteiger partial charge in [0.2, 0.25) is 0 Å². The lowest BCUT2D eigenvalue weighted by Crippen LogP contribution is -2.41. The van der Waals surface area contributed by atoms with Gasteiger partial charge in [-0.1, -0.05) is 23.8 Å². The molecule has 0 N–H and O–H groups in total. The van der Waals surface area contributed by atoms with Crippen LogP contribution in [-0.2, 0) is 0 Å². The van der Waals surface area contributed by atoms with Crippen molar-refractivity contribution in [1.82, 2.24) is 9.80 Å². The molecule has 2 aliphatic heterocycles. The third kappa shape index (κ3) is 5.55. The van der Waals surface area contributed by atoms with Crippen LogP contribution in [0.1, 0.15) is 61.7 Å². The second kappa shape index (κ2) is 9.99. The van der Waals surface area contributed by atoms with Crippen LogP contribution >= 0.6 is 11.6 Å². The number of benzene rings is 1. The maximum absolute atomic E-state index is 13.0. The van der Waals surface area contributed by atoms with E-state index in [-0.39, 0.29) is 12.0 Å². The van der Waals surface area contributed by atoms with Crippen molar-refractivity contribution in [3.63, 3.8) is 0 Å². The molecule has 4 nitrogen and oxygen atoms in total. The van der Waals surface area contributed by atoms with Gasteiger partial charge >= 0.3 is 0 Å². The smallest absolute Gasteiger partial charge is 0.257 e. The molecule has 0 radical (unpaired) electrons. The van der Waals surface area contributed by atoms with Crippen LogP contribution < -0.4 is 4.74 Å². The average molecular weight is 417 g/mol. The van der Waals surface area contributed by atoms with E-state index in [2.05, 4.69) is 17.1 Å². The number of carbonyl (C=O) groups is 1. The first-order valence-corrected chi connectivity index (χ1v) is 11.7. The van der Waals surface area contributed by atoms with E-state index in [0.29, 0.717) is 16.3 Å².